The molecule has 4 nitrogen and oxygen atoms in total. The van der Waals surface area contributed by atoms with E-state index in [1.54, 1.807) is 19.1 Å². The molecule has 3 rings (SSSR count). The fourth-order valence-electron chi connectivity index (χ4n) is 2.13. The van der Waals surface area contributed by atoms with Crippen LogP contribution in [0, 0.1) is 12.7 Å². The van der Waals surface area contributed by atoms with Gasteiger partial charge in [0.25, 0.3) is 5.56 Å². The number of anilines is 2. The summed E-state index contributed by atoms with van der Waals surface area (Å²) < 4.78 is 13.3. The molecular weight excluding hydrogens is 281 g/mol. The van der Waals surface area contributed by atoms with E-state index in [0.717, 1.165) is 5.56 Å². The zero-order chi connectivity index (χ0) is 15.5. The SMILES string of the molecule is Cc1cc(Nc2nc(-c3ccccc3)cc(=O)[nH]2)ccc1F. The summed E-state index contributed by atoms with van der Waals surface area (Å²) in [6.45, 7) is 1.68. The third kappa shape index (κ3) is 3.03. The molecule has 2 aromatic carbocycles. The van der Waals surface area contributed by atoms with E-state index in [4.69, 9.17) is 0 Å². The Morgan fingerprint density at radius 3 is 2.59 bits per heavy atom. The molecule has 0 saturated carbocycles. The van der Waals surface area contributed by atoms with E-state index >= 15 is 0 Å². The lowest BCUT2D eigenvalue weighted by Gasteiger charge is -2.08. The van der Waals surface area contributed by atoms with E-state index in [-0.39, 0.29) is 11.4 Å². The first-order valence-electron chi connectivity index (χ1n) is 6.82. The van der Waals surface area contributed by atoms with Gasteiger partial charge in [-0.2, -0.15) is 0 Å². The van der Waals surface area contributed by atoms with Crippen molar-refractivity contribution in [1.29, 1.82) is 0 Å². The Labute approximate surface area is 126 Å². The Kier molecular flexibility index (Phi) is 3.70. The average Bonchev–Trinajstić information content (AvgIpc) is 2.51. The standard InChI is InChI=1S/C17H14FN3O/c1-11-9-13(7-8-14(11)18)19-17-20-15(10-16(22)21-17)12-5-3-2-4-6-12/h2-10H,1H3,(H2,19,20,21,22). The minimum absolute atomic E-state index is 0.254. The number of nitrogens with zero attached hydrogens (tertiary/aromatic N) is 1. The Bertz CT molecular complexity index is 859. The fraction of sp³-hybridized carbons (Fsp3) is 0.0588. The van der Waals surface area contributed by atoms with E-state index in [1.165, 1.54) is 12.1 Å². The van der Waals surface area contributed by atoms with Crippen LogP contribution in [0.3, 0.4) is 0 Å². The molecule has 2 N–H and O–H groups in total. The van der Waals surface area contributed by atoms with Crippen LogP contribution in [0.5, 0.6) is 0 Å². The minimum Gasteiger partial charge on any atom is -0.326 e. The summed E-state index contributed by atoms with van der Waals surface area (Å²) in [6, 6.07) is 15.5. The van der Waals surface area contributed by atoms with Gasteiger partial charge < -0.3 is 5.32 Å². The Morgan fingerprint density at radius 2 is 1.86 bits per heavy atom. The number of rotatable bonds is 3. The van der Waals surface area contributed by atoms with Crippen LogP contribution in [0.25, 0.3) is 11.3 Å². The zero-order valence-electron chi connectivity index (χ0n) is 11.9. The third-order valence-electron chi connectivity index (χ3n) is 3.23. The lowest BCUT2D eigenvalue weighted by molar-refractivity contribution is 0.619. The van der Waals surface area contributed by atoms with E-state index in [2.05, 4.69) is 15.3 Å². The monoisotopic (exact) mass is 295 g/mol. The van der Waals surface area contributed by atoms with E-state index < -0.39 is 0 Å². The van der Waals surface area contributed by atoms with E-state index in [1.807, 2.05) is 30.3 Å². The highest BCUT2D eigenvalue weighted by Crippen LogP contribution is 2.19. The number of H-pyrrole nitrogens is 1. The van der Waals surface area contributed by atoms with Gasteiger partial charge in [-0.15, -0.1) is 0 Å². The number of benzene rings is 2. The highest BCUT2D eigenvalue weighted by Gasteiger charge is 2.05. The number of hydrogen-bond donors (Lipinski definition) is 2. The molecule has 0 amide bonds. The molecule has 1 aromatic heterocycles. The predicted octanol–water partition coefficient (Wildman–Crippen LogP) is 3.63. The molecule has 1 heterocycles. The van der Waals surface area contributed by atoms with Gasteiger partial charge in [0.05, 0.1) is 5.69 Å². The predicted molar refractivity (Wildman–Crippen MR) is 84.7 cm³/mol. The van der Waals surface area contributed by atoms with Crippen molar-refractivity contribution in [3.05, 3.63) is 76.3 Å². The van der Waals surface area contributed by atoms with Crippen molar-refractivity contribution < 1.29 is 4.39 Å². The molecule has 3 aromatic rings. The summed E-state index contributed by atoms with van der Waals surface area (Å²) in [7, 11) is 0. The Balaban J connectivity index is 1.96. The first-order valence-corrected chi connectivity index (χ1v) is 6.82. The van der Waals surface area contributed by atoms with Crippen molar-refractivity contribution in [2.45, 2.75) is 6.92 Å². The van der Waals surface area contributed by atoms with Crippen LogP contribution in [0.1, 0.15) is 5.56 Å². The molecule has 22 heavy (non-hydrogen) atoms. The summed E-state index contributed by atoms with van der Waals surface area (Å²) in [6.07, 6.45) is 0. The second-order valence-electron chi connectivity index (χ2n) is 4.93. The average molecular weight is 295 g/mol. The molecule has 0 radical (unpaired) electrons. The highest BCUT2D eigenvalue weighted by atomic mass is 19.1. The number of nitrogens with one attached hydrogen (secondary N) is 2. The molecular formula is C17H14FN3O. The summed E-state index contributed by atoms with van der Waals surface area (Å²) >= 11 is 0. The highest BCUT2D eigenvalue weighted by molar-refractivity contribution is 5.62. The molecule has 110 valence electrons. The molecule has 0 aliphatic rings. The summed E-state index contributed by atoms with van der Waals surface area (Å²) in [5.41, 5.74) is 2.35. The number of aromatic amines is 1. The number of hydrogen-bond acceptors (Lipinski definition) is 3. The summed E-state index contributed by atoms with van der Waals surface area (Å²) in [4.78, 5) is 18.8. The lowest BCUT2D eigenvalue weighted by Crippen LogP contribution is -2.10. The Morgan fingerprint density at radius 1 is 1.09 bits per heavy atom. The second-order valence-corrected chi connectivity index (χ2v) is 4.93. The largest absolute Gasteiger partial charge is 0.326 e. The first kappa shape index (κ1) is 14.0. The van der Waals surface area contributed by atoms with Crippen molar-refractivity contribution in [2.75, 3.05) is 5.32 Å². The third-order valence-corrected chi connectivity index (χ3v) is 3.23. The molecule has 0 bridgehead atoms. The smallest absolute Gasteiger partial charge is 0.252 e. The lowest BCUT2D eigenvalue weighted by atomic mass is 10.1. The molecule has 0 aliphatic carbocycles. The molecule has 0 spiro atoms. The van der Waals surface area contributed by atoms with Gasteiger partial charge >= 0.3 is 0 Å². The molecule has 0 fully saturated rings. The summed E-state index contributed by atoms with van der Waals surface area (Å²) in [5, 5.41) is 2.99. The quantitative estimate of drug-likeness (QED) is 0.775. The van der Waals surface area contributed by atoms with Gasteiger partial charge in [-0.25, -0.2) is 9.37 Å². The van der Waals surface area contributed by atoms with Gasteiger partial charge in [0.15, 0.2) is 0 Å². The van der Waals surface area contributed by atoms with Crippen LogP contribution in [-0.4, -0.2) is 9.97 Å². The van der Waals surface area contributed by atoms with Crippen LogP contribution < -0.4 is 10.9 Å². The van der Waals surface area contributed by atoms with Gasteiger partial charge in [-0.3, -0.25) is 9.78 Å². The number of aryl methyl sites for hydroxylation is 1. The van der Waals surface area contributed by atoms with Crippen molar-refractivity contribution in [1.82, 2.24) is 9.97 Å². The molecule has 0 saturated heterocycles. The fourth-order valence-corrected chi connectivity index (χ4v) is 2.13. The van der Waals surface area contributed by atoms with Gasteiger partial charge in [0.2, 0.25) is 5.95 Å². The maximum absolute atomic E-state index is 13.3. The minimum atomic E-state index is -0.273. The maximum atomic E-state index is 13.3. The Hall–Kier alpha value is -2.95. The van der Waals surface area contributed by atoms with E-state index in [0.29, 0.717) is 22.9 Å². The molecule has 0 atom stereocenters. The van der Waals surface area contributed by atoms with Crippen LogP contribution in [0.15, 0.2) is 59.4 Å². The van der Waals surface area contributed by atoms with Gasteiger partial charge in [-0.05, 0) is 30.7 Å². The zero-order valence-corrected chi connectivity index (χ0v) is 11.9. The normalized spacial score (nSPS) is 10.5. The van der Waals surface area contributed by atoms with Gasteiger partial charge in [0.1, 0.15) is 5.82 Å². The number of aromatic nitrogens is 2. The van der Waals surface area contributed by atoms with E-state index in [9.17, 15) is 9.18 Å². The molecule has 0 aliphatic heterocycles. The molecule has 0 unspecified atom stereocenters. The van der Waals surface area contributed by atoms with Gasteiger partial charge in [-0.1, -0.05) is 30.3 Å². The van der Waals surface area contributed by atoms with Crippen molar-refractivity contribution in [3.63, 3.8) is 0 Å². The maximum Gasteiger partial charge on any atom is 0.252 e. The second kappa shape index (κ2) is 5.81. The van der Waals surface area contributed by atoms with Crippen molar-refractivity contribution >= 4 is 11.6 Å². The topological polar surface area (TPSA) is 57.8 Å². The van der Waals surface area contributed by atoms with Crippen LogP contribution >= 0.6 is 0 Å². The first-order chi connectivity index (χ1) is 10.6. The van der Waals surface area contributed by atoms with Crippen LogP contribution in [-0.2, 0) is 0 Å². The van der Waals surface area contributed by atoms with Gasteiger partial charge in [0, 0.05) is 17.3 Å². The van der Waals surface area contributed by atoms with Crippen LogP contribution in [0.2, 0.25) is 0 Å². The van der Waals surface area contributed by atoms with Crippen molar-refractivity contribution in [2.24, 2.45) is 0 Å². The van der Waals surface area contributed by atoms with Crippen molar-refractivity contribution in [3.8, 4) is 11.3 Å². The van der Waals surface area contributed by atoms with Crippen LogP contribution in [0.4, 0.5) is 16.0 Å². The number of halogens is 1. The molecule has 5 heteroatoms. The summed E-state index contributed by atoms with van der Waals surface area (Å²) in [5.74, 6) is 0.0439.